The maximum Gasteiger partial charge on any atom is 0.224 e. The molecule has 5 heteroatoms. The van der Waals surface area contributed by atoms with E-state index in [9.17, 15) is 9.59 Å². The molecule has 2 aliphatic heterocycles. The standard InChI is InChI=1S/C16H23N3O2/c1-10-7-13(11(2)18(10)3)15(20)9-19-6-4-5-12-14(19)8-17-16(12)21/h7,12,14H,4-6,8-9H2,1-3H3,(H,17,21). The summed E-state index contributed by atoms with van der Waals surface area (Å²) in [5.41, 5.74) is 2.94. The molecule has 1 aromatic rings. The van der Waals surface area contributed by atoms with Gasteiger partial charge in [0.05, 0.1) is 12.5 Å². The van der Waals surface area contributed by atoms with Crippen LogP contribution in [0.15, 0.2) is 6.07 Å². The van der Waals surface area contributed by atoms with E-state index in [1.165, 1.54) is 0 Å². The Morgan fingerprint density at radius 1 is 1.43 bits per heavy atom. The lowest BCUT2D eigenvalue weighted by Gasteiger charge is -2.35. The Morgan fingerprint density at radius 2 is 2.19 bits per heavy atom. The van der Waals surface area contributed by atoms with Gasteiger partial charge in [0.15, 0.2) is 5.78 Å². The lowest BCUT2D eigenvalue weighted by atomic mass is 9.91. The zero-order valence-corrected chi connectivity index (χ0v) is 13.0. The lowest BCUT2D eigenvalue weighted by Crippen LogP contribution is -2.47. The highest BCUT2D eigenvalue weighted by Gasteiger charge is 2.41. The molecule has 21 heavy (non-hydrogen) atoms. The molecule has 0 aliphatic carbocycles. The zero-order valence-electron chi connectivity index (χ0n) is 13.0. The van der Waals surface area contributed by atoms with E-state index >= 15 is 0 Å². The van der Waals surface area contributed by atoms with E-state index in [1.54, 1.807) is 0 Å². The van der Waals surface area contributed by atoms with Crippen LogP contribution in [0, 0.1) is 19.8 Å². The second-order valence-corrected chi connectivity index (χ2v) is 6.30. The Labute approximate surface area is 125 Å². The second-order valence-electron chi connectivity index (χ2n) is 6.30. The second kappa shape index (κ2) is 5.30. The molecule has 5 nitrogen and oxygen atoms in total. The highest BCUT2D eigenvalue weighted by molar-refractivity contribution is 5.99. The number of nitrogens with one attached hydrogen (secondary N) is 1. The minimum Gasteiger partial charge on any atom is -0.354 e. The topological polar surface area (TPSA) is 54.3 Å². The predicted octanol–water partition coefficient (Wildman–Crippen LogP) is 1.04. The average Bonchev–Trinajstić information content (AvgIpc) is 2.96. The molecule has 2 fully saturated rings. The van der Waals surface area contributed by atoms with Crippen molar-refractivity contribution >= 4 is 11.7 Å². The van der Waals surface area contributed by atoms with Gasteiger partial charge in [-0.15, -0.1) is 0 Å². The van der Waals surface area contributed by atoms with E-state index in [-0.39, 0.29) is 23.7 Å². The normalized spacial score (nSPS) is 25.8. The van der Waals surface area contributed by atoms with Gasteiger partial charge in [0.2, 0.25) is 5.91 Å². The predicted molar refractivity (Wildman–Crippen MR) is 80.3 cm³/mol. The minimum atomic E-state index is 0.0742. The molecular formula is C16H23N3O2. The largest absolute Gasteiger partial charge is 0.354 e. The number of aryl methyl sites for hydroxylation is 1. The van der Waals surface area contributed by atoms with E-state index < -0.39 is 0 Å². The van der Waals surface area contributed by atoms with Crippen LogP contribution in [0.1, 0.15) is 34.6 Å². The first-order chi connectivity index (χ1) is 9.99. The number of hydrogen-bond acceptors (Lipinski definition) is 3. The molecule has 2 saturated heterocycles. The number of Topliss-reactive ketones (excluding diaryl/α,β-unsaturated/α-hetero) is 1. The quantitative estimate of drug-likeness (QED) is 0.846. The van der Waals surface area contributed by atoms with Crippen LogP contribution in [-0.2, 0) is 11.8 Å². The maximum absolute atomic E-state index is 12.6. The van der Waals surface area contributed by atoms with Gasteiger partial charge in [-0.2, -0.15) is 0 Å². The van der Waals surface area contributed by atoms with Crippen LogP contribution < -0.4 is 5.32 Å². The van der Waals surface area contributed by atoms with Crippen molar-refractivity contribution in [3.8, 4) is 0 Å². The summed E-state index contributed by atoms with van der Waals surface area (Å²) in [6.07, 6.45) is 1.94. The van der Waals surface area contributed by atoms with Gasteiger partial charge in [-0.3, -0.25) is 14.5 Å². The molecule has 0 radical (unpaired) electrons. The Balaban J connectivity index is 1.75. The fraction of sp³-hybridized carbons (Fsp3) is 0.625. The fourth-order valence-corrected chi connectivity index (χ4v) is 3.64. The molecule has 1 aromatic heterocycles. The van der Waals surface area contributed by atoms with E-state index in [0.717, 1.165) is 36.3 Å². The summed E-state index contributed by atoms with van der Waals surface area (Å²) in [4.78, 5) is 26.6. The van der Waals surface area contributed by atoms with Crippen LogP contribution in [0.3, 0.4) is 0 Å². The van der Waals surface area contributed by atoms with Crippen LogP contribution in [0.4, 0.5) is 0 Å². The third-order valence-corrected chi connectivity index (χ3v) is 5.14. The number of ketones is 1. The number of amides is 1. The first kappa shape index (κ1) is 14.3. The minimum absolute atomic E-state index is 0.0742. The number of hydrogen-bond donors (Lipinski definition) is 1. The van der Waals surface area contributed by atoms with Gasteiger partial charge in [-0.1, -0.05) is 0 Å². The first-order valence-electron chi connectivity index (χ1n) is 7.67. The summed E-state index contributed by atoms with van der Waals surface area (Å²) in [5, 5.41) is 2.93. The van der Waals surface area contributed by atoms with E-state index in [0.29, 0.717) is 13.1 Å². The van der Waals surface area contributed by atoms with Crippen molar-refractivity contribution < 1.29 is 9.59 Å². The van der Waals surface area contributed by atoms with Gasteiger partial charge in [0, 0.05) is 36.6 Å². The molecule has 0 spiro atoms. The molecule has 1 amide bonds. The van der Waals surface area contributed by atoms with Crippen LogP contribution >= 0.6 is 0 Å². The molecule has 0 saturated carbocycles. The molecular weight excluding hydrogens is 266 g/mol. The summed E-state index contributed by atoms with van der Waals surface area (Å²) in [7, 11) is 1.98. The SMILES string of the molecule is Cc1cc(C(=O)CN2CCCC3C(=O)NCC32)c(C)n1C. The van der Waals surface area contributed by atoms with E-state index in [2.05, 4.69) is 10.2 Å². The Bertz CT molecular complexity index is 591. The summed E-state index contributed by atoms with van der Waals surface area (Å²) in [6, 6.07) is 2.16. The number of nitrogens with zero attached hydrogens (tertiary/aromatic N) is 2. The summed E-state index contributed by atoms with van der Waals surface area (Å²) < 4.78 is 2.05. The number of piperidine rings is 1. The molecule has 3 rings (SSSR count). The molecule has 2 aliphatic rings. The Morgan fingerprint density at radius 3 is 2.86 bits per heavy atom. The Hall–Kier alpha value is -1.62. The van der Waals surface area contributed by atoms with Crippen molar-refractivity contribution in [2.45, 2.75) is 32.7 Å². The third-order valence-electron chi connectivity index (χ3n) is 5.14. The van der Waals surface area contributed by atoms with E-state index in [1.807, 2.05) is 31.5 Å². The Kier molecular flexibility index (Phi) is 3.61. The van der Waals surface area contributed by atoms with Crippen LogP contribution in [0.25, 0.3) is 0 Å². The number of carbonyl (C=O) groups is 2. The molecule has 2 atom stereocenters. The van der Waals surface area contributed by atoms with Crippen LogP contribution in [0.5, 0.6) is 0 Å². The van der Waals surface area contributed by atoms with Gasteiger partial charge in [-0.25, -0.2) is 0 Å². The van der Waals surface area contributed by atoms with Crippen molar-refractivity contribution in [1.82, 2.24) is 14.8 Å². The van der Waals surface area contributed by atoms with Gasteiger partial charge in [0.25, 0.3) is 0 Å². The molecule has 0 aromatic carbocycles. The van der Waals surface area contributed by atoms with Crippen LogP contribution in [0.2, 0.25) is 0 Å². The van der Waals surface area contributed by atoms with Gasteiger partial charge in [-0.05, 0) is 39.3 Å². The highest BCUT2D eigenvalue weighted by atomic mass is 16.2. The van der Waals surface area contributed by atoms with E-state index in [4.69, 9.17) is 0 Å². The monoisotopic (exact) mass is 289 g/mol. The van der Waals surface area contributed by atoms with Crippen molar-refractivity contribution in [1.29, 1.82) is 0 Å². The third kappa shape index (κ3) is 2.39. The van der Waals surface area contributed by atoms with Crippen molar-refractivity contribution in [3.05, 3.63) is 23.0 Å². The van der Waals surface area contributed by atoms with Gasteiger partial charge in [0.1, 0.15) is 0 Å². The zero-order chi connectivity index (χ0) is 15.1. The number of fused-ring (bicyclic) bond motifs is 1. The van der Waals surface area contributed by atoms with Gasteiger partial charge < -0.3 is 9.88 Å². The molecule has 2 unspecified atom stereocenters. The number of rotatable bonds is 3. The highest BCUT2D eigenvalue weighted by Crippen LogP contribution is 2.27. The van der Waals surface area contributed by atoms with Crippen molar-refractivity contribution in [2.24, 2.45) is 13.0 Å². The first-order valence-corrected chi connectivity index (χ1v) is 7.67. The summed E-state index contributed by atoms with van der Waals surface area (Å²) >= 11 is 0. The van der Waals surface area contributed by atoms with Crippen LogP contribution in [-0.4, -0.2) is 46.8 Å². The molecule has 0 bridgehead atoms. The van der Waals surface area contributed by atoms with Crippen molar-refractivity contribution in [2.75, 3.05) is 19.6 Å². The van der Waals surface area contributed by atoms with Gasteiger partial charge >= 0.3 is 0 Å². The summed E-state index contributed by atoms with van der Waals surface area (Å²) in [5.74, 6) is 0.394. The maximum atomic E-state index is 12.6. The molecule has 1 N–H and O–H groups in total. The number of carbonyl (C=O) groups excluding carboxylic acids is 2. The molecule has 114 valence electrons. The number of aromatic nitrogens is 1. The summed E-state index contributed by atoms with van der Waals surface area (Å²) in [6.45, 7) is 6.01. The van der Waals surface area contributed by atoms with Crippen molar-refractivity contribution in [3.63, 3.8) is 0 Å². The average molecular weight is 289 g/mol. The molecule has 3 heterocycles. The lowest BCUT2D eigenvalue weighted by molar-refractivity contribution is -0.124. The fourth-order valence-electron chi connectivity index (χ4n) is 3.64. The number of likely N-dealkylation sites (tertiary alicyclic amines) is 1. The smallest absolute Gasteiger partial charge is 0.224 e.